The summed E-state index contributed by atoms with van der Waals surface area (Å²) in [5.74, 6) is -0.203. The molecule has 0 aromatic heterocycles. The Morgan fingerprint density at radius 1 is 1.48 bits per heavy atom. The molecule has 1 heterocycles. The molecule has 1 aromatic carbocycles. The minimum atomic E-state index is -0.799. The van der Waals surface area contributed by atoms with Gasteiger partial charge in [-0.3, -0.25) is 4.79 Å². The van der Waals surface area contributed by atoms with Gasteiger partial charge in [-0.2, -0.15) is 0 Å². The zero-order chi connectivity index (χ0) is 16.8. The Labute approximate surface area is 134 Å². The average molecular weight is 327 g/mol. The van der Waals surface area contributed by atoms with E-state index in [-0.39, 0.29) is 31.4 Å². The number of carbonyl (C=O) groups excluding carboxylic acids is 1. The van der Waals surface area contributed by atoms with Crippen molar-refractivity contribution in [1.29, 1.82) is 0 Å². The highest BCUT2D eigenvalue weighted by Gasteiger charge is 2.36. The van der Waals surface area contributed by atoms with Gasteiger partial charge >= 0.3 is 0 Å². The second-order valence-corrected chi connectivity index (χ2v) is 5.43. The van der Waals surface area contributed by atoms with Crippen molar-refractivity contribution < 1.29 is 28.5 Å². The summed E-state index contributed by atoms with van der Waals surface area (Å²) in [7, 11) is 3.11. The molecular formula is C16H22FNO5. The van der Waals surface area contributed by atoms with Crippen LogP contribution in [0, 0.1) is 5.82 Å². The highest BCUT2D eigenvalue weighted by molar-refractivity contribution is 5.76. The summed E-state index contributed by atoms with van der Waals surface area (Å²) >= 11 is 0. The predicted octanol–water partition coefficient (Wildman–Crippen LogP) is 0.828. The first kappa shape index (κ1) is 17.7. The van der Waals surface area contributed by atoms with Gasteiger partial charge in [-0.15, -0.1) is 0 Å². The molecule has 1 saturated heterocycles. The van der Waals surface area contributed by atoms with E-state index in [0.717, 1.165) is 0 Å². The Morgan fingerprint density at radius 3 is 2.96 bits per heavy atom. The van der Waals surface area contributed by atoms with E-state index >= 15 is 0 Å². The first-order valence-corrected chi connectivity index (χ1v) is 7.45. The summed E-state index contributed by atoms with van der Waals surface area (Å²) in [5.41, 5.74) is 0. The first-order chi connectivity index (χ1) is 11.0. The van der Waals surface area contributed by atoms with E-state index in [2.05, 4.69) is 0 Å². The minimum Gasteiger partial charge on any atom is -0.493 e. The number of rotatable bonds is 6. The van der Waals surface area contributed by atoms with Gasteiger partial charge in [0, 0.05) is 20.2 Å². The number of aliphatic hydroxyl groups is 1. The van der Waals surface area contributed by atoms with Crippen LogP contribution in [-0.2, 0) is 14.3 Å². The Bertz CT molecular complexity index is 527. The van der Waals surface area contributed by atoms with Gasteiger partial charge in [0.1, 0.15) is 23.8 Å². The van der Waals surface area contributed by atoms with Gasteiger partial charge in [-0.25, -0.2) is 4.39 Å². The highest BCUT2D eigenvalue weighted by atomic mass is 19.1. The molecule has 2 rings (SSSR count). The smallest absolute Gasteiger partial charge is 0.226 e. The monoisotopic (exact) mass is 327 g/mol. The van der Waals surface area contributed by atoms with E-state index in [0.29, 0.717) is 12.4 Å². The molecule has 1 aliphatic heterocycles. The van der Waals surface area contributed by atoms with Crippen molar-refractivity contribution in [3.63, 3.8) is 0 Å². The van der Waals surface area contributed by atoms with Crippen LogP contribution < -0.4 is 4.74 Å². The summed E-state index contributed by atoms with van der Waals surface area (Å²) in [6.45, 7) is 0.691. The number of ether oxygens (including phenoxy) is 3. The van der Waals surface area contributed by atoms with Crippen LogP contribution in [-0.4, -0.2) is 68.1 Å². The van der Waals surface area contributed by atoms with Crippen molar-refractivity contribution in [1.82, 2.24) is 4.90 Å². The van der Waals surface area contributed by atoms with Crippen LogP contribution in [0.25, 0.3) is 0 Å². The fraction of sp³-hybridized carbons (Fsp3) is 0.562. The molecule has 6 nitrogen and oxygen atoms in total. The largest absolute Gasteiger partial charge is 0.493 e. The number of methoxy groups -OCH3 is 1. The molecule has 128 valence electrons. The van der Waals surface area contributed by atoms with E-state index in [1.807, 2.05) is 0 Å². The number of halogens is 1. The maximum Gasteiger partial charge on any atom is 0.226 e. The molecule has 1 N–H and O–H groups in total. The Morgan fingerprint density at radius 2 is 2.26 bits per heavy atom. The number of likely N-dealkylation sites (N-methyl/N-ethyl adjacent to an activating group) is 1. The van der Waals surface area contributed by atoms with Gasteiger partial charge in [0.25, 0.3) is 0 Å². The quantitative estimate of drug-likeness (QED) is 0.838. The van der Waals surface area contributed by atoms with Crippen molar-refractivity contribution in [3.8, 4) is 5.75 Å². The van der Waals surface area contributed by atoms with Crippen molar-refractivity contribution >= 4 is 5.91 Å². The van der Waals surface area contributed by atoms with Crippen LogP contribution in [0.15, 0.2) is 24.3 Å². The molecule has 1 fully saturated rings. The number of carbonyl (C=O) groups is 1. The van der Waals surface area contributed by atoms with Crippen molar-refractivity contribution in [2.24, 2.45) is 0 Å². The lowest BCUT2D eigenvalue weighted by Gasteiger charge is -2.38. The Balaban J connectivity index is 1.82. The zero-order valence-corrected chi connectivity index (χ0v) is 13.3. The third kappa shape index (κ3) is 4.63. The molecular weight excluding hydrogens is 305 g/mol. The van der Waals surface area contributed by atoms with Crippen molar-refractivity contribution in [2.45, 2.75) is 24.7 Å². The lowest BCUT2D eigenvalue weighted by atomic mass is 10.0. The van der Waals surface area contributed by atoms with E-state index < -0.39 is 18.2 Å². The Hall–Kier alpha value is -1.70. The number of amides is 1. The Kier molecular flexibility index (Phi) is 6.32. The molecule has 3 atom stereocenters. The molecule has 0 unspecified atom stereocenters. The van der Waals surface area contributed by atoms with Crippen LogP contribution in [0.4, 0.5) is 4.39 Å². The van der Waals surface area contributed by atoms with E-state index in [9.17, 15) is 14.3 Å². The molecule has 0 radical (unpaired) electrons. The summed E-state index contributed by atoms with van der Waals surface area (Å²) in [4.78, 5) is 13.7. The number of hydrogen-bond donors (Lipinski definition) is 1. The molecule has 1 aromatic rings. The number of benzene rings is 1. The van der Waals surface area contributed by atoms with Crippen LogP contribution in [0.3, 0.4) is 0 Å². The lowest BCUT2D eigenvalue weighted by Crippen LogP contribution is -2.56. The summed E-state index contributed by atoms with van der Waals surface area (Å²) in [6.07, 6.45) is -1.13. The van der Waals surface area contributed by atoms with Crippen LogP contribution in [0.1, 0.15) is 6.42 Å². The lowest BCUT2D eigenvalue weighted by molar-refractivity contribution is -0.158. The number of nitrogens with zero attached hydrogens (tertiary/aromatic N) is 1. The summed E-state index contributed by atoms with van der Waals surface area (Å²) in [6, 6.07) is 5.28. The van der Waals surface area contributed by atoms with E-state index in [4.69, 9.17) is 14.2 Å². The number of aliphatic hydroxyl groups excluding tert-OH is 1. The molecule has 1 amide bonds. The molecule has 0 aliphatic carbocycles. The third-order valence-electron chi connectivity index (χ3n) is 3.92. The fourth-order valence-electron chi connectivity index (χ4n) is 2.47. The summed E-state index contributed by atoms with van der Waals surface area (Å²) < 4.78 is 28.9. The SMILES string of the molecule is CO[C@@H]1COC[C@@H](N(C)C(=O)CCOc2cccc(F)c2)[C@@H]1O. The summed E-state index contributed by atoms with van der Waals surface area (Å²) in [5, 5.41) is 10.2. The molecule has 0 saturated carbocycles. The van der Waals surface area contributed by atoms with Gasteiger partial charge < -0.3 is 24.2 Å². The van der Waals surface area contributed by atoms with Crippen LogP contribution in [0.5, 0.6) is 5.75 Å². The average Bonchev–Trinajstić information content (AvgIpc) is 2.54. The van der Waals surface area contributed by atoms with Gasteiger partial charge in [0.2, 0.25) is 5.91 Å². The van der Waals surface area contributed by atoms with E-state index in [1.165, 1.54) is 24.1 Å². The highest BCUT2D eigenvalue weighted by Crippen LogP contribution is 2.17. The van der Waals surface area contributed by atoms with E-state index in [1.54, 1.807) is 19.2 Å². The fourth-order valence-corrected chi connectivity index (χ4v) is 2.47. The first-order valence-electron chi connectivity index (χ1n) is 7.45. The second kappa shape index (κ2) is 8.24. The maximum absolute atomic E-state index is 13.0. The zero-order valence-electron chi connectivity index (χ0n) is 13.3. The number of hydrogen-bond acceptors (Lipinski definition) is 5. The van der Waals surface area contributed by atoms with Gasteiger partial charge in [0.15, 0.2) is 0 Å². The molecule has 23 heavy (non-hydrogen) atoms. The maximum atomic E-state index is 13.0. The minimum absolute atomic E-state index is 0.119. The topological polar surface area (TPSA) is 68.2 Å². The van der Waals surface area contributed by atoms with Gasteiger partial charge in [-0.1, -0.05) is 6.07 Å². The van der Waals surface area contributed by atoms with Gasteiger partial charge in [-0.05, 0) is 12.1 Å². The normalized spacial score (nSPS) is 24.3. The second-order valence-electron chi connectivity index (χ2n) is 5.43. The molecule has 1 aliphatic rings. The molecule has 7 heteroatoms. The van der Waals surface area contributed by atoms with Crippen LogP contribution >= 0.6 is 0 Å². The van der Waals surface area contributed by atoms with Crippen molar-refractivity contribution in [2.75, 3.05) is 34.0 Å². The molecule has 0 spiro atoms. The standard InChI is InChI=1S/C16H22FNO5/c1-18(13-9-22-10-14(21-2)16(13)20)15(19)6-7-23-12-5-3-4-11(17)8-12/h3-5,8,13-14,16,20H,6-7,9-10H2,1-2H3/t13-,14-,16+/m1/s1. The molecule has 0 bridgehead atoms. The van der Waals surface area contributed by atoms with Gasteiger partial charge in [0.05, 0.1) is 32.3 Å². The third-order valence-corrected chi connectivity index (χ3v) is 3.92. The predicted molar refractivity (Wildman–Crippen MR) is 80.7 cm³/mol. The van der Waals surface area contributed by atoms with Crippen molar-refractivity contribution in [3.05, 3.63) is 30.1 Å². The van der Waals surface area contributed by atoms with Crippen LogP contribution in [0.2, 0.25) is 0 Å².